The molecule has 1 amide bonds. The lowest BCUT2D eigenvalue weighted by Crippen LogP contribution is -2.36. The summed E-state index contributed by atoms with van der Waals surface area (Å²) in [5, 5.41) is 2.81. The Morgan fingerprint density at radius 2 is 2.27 bits per heavy atom. The van der Waals surface area contributed by atoms with Crippen LogP contribution in [-0.2, 0) is 9.53 Å². The number of rotatable bonds is 6. The van der Waals surface area contributed by atoms with Crippen molar-refractivity contribution in [2.24, 2.45) is 0 Å². The Labute approximate surface area is 130 Å². The summed E-state index contributed by atoms with van der Waals surface area (Å²) in [5.74, 6) is -0.806. The van der Waals surface area contributed by atoms with Gasteiger partial charge in [-0.1, -0.05) is 11.6 Å². The van der Waals surface area contributed by atoms with Gasteiger partial charge in [0.05, 0.1) is 5.56 Å². The molecule has 1 heterocycles. The first-order chi connectivity index (χ1) is 10.7. The lowest BCUT2D eigenvalue weighted by atomic mass is 9.97. The quantitative estimate of drug-likeness (QED) is 0.648. The molecular formula is C17H22N2O3. The topological polar surface area (TPSA) is 68.3 Å². The first-order valence-corrected chi connectivity index (χ1v) is 7.73. The van der Waals surface area contributed by atoms with Gasteiger partial charge < -0.3 is 10.1 Å². The minimum Gasteiger partial charge on any atom is -0.449 e. The Hall–Kier alpha value is -2.17. The first-order valence-electron chi connectivity index (χ1n) is 7.73. The summed E-state index contributed by atoms with van der Waals surface area (Å²) in [6.07, 6.45) is 10.1. The largest absolute Gasteiger partial charge is 0.449 e. The van der Waals surface area contributed by atoms with E-state index < -0.39 is 12.1 Å². The van der Waals surface area contributed by atoms with E-state index in [0.29, 0.717) is 12.1 Å². The fourth-order valence-electron chi connectivity index (χ4n) is 2.39. The zero-order valence-corrected chi connectivity index (χ0v) is 12.9. The fourth-order valence-corrected chi connectivity index (χ4v) is 2.39. The van der Waals surface area contributed by atoms with E-state index in [4.69, 9.17) is 4.74 Å². The lowest BCUT2D eigenvalue weighted by molar-refractivity contribution is -0.129. The van der Waals surface area contributed by atoms with Crippen molar-refractivity contribution in [1.29, 1.82) is 0 Å². The maximum absolute atomic E-state index is 11.9. The molecule has 1 aromatic heterocycles. The molecule has 1 N–H and O–H groups in total. The Kier molecular flexibility index (Phi) is 6.13. The highest BCUT2D eigenvalue weighted by Gasteiger charge is 2.18. The average Bonchev–Trinajstić information content (AvgIpc) is 2.56. The van der Waals surface area contributed by atoms with Crippen molar-refractivity contribution in [1.82, 2.24) is 10.3 Å². The summed E-state index contributed by atoms with van der Waals surface area (Å²) in [7, 11) is 0. The van der Waals surface area contributed by atoms with Crippen molar-refractivity contribution >= 4 is 11.9 Å². The zero-order chi connectivity index (χ0) is 15.8. The SMILES string of the molecule is C[C@@H](OC(=O)c1cccnc1)C(=O)NCCC1=CCCCC1. The highest BCUT2D eigenvalue weighted by Crippen LogP contribution is 2.19. The molecule has 5 heteroatoms. The van der Waals surface area contributed by atoms with E-state index in [-0.39, 0.29) is 5.91 Å². The molecule has 1 atom stereocenters. The van der Waals surface area contributed by atoms with Gasteiger partial charge in [-0.3, -0.25) is 9.78 Å². The normalized spacial score (nSPS) is 15.6. The number of hydrogen-bond donors (Lipinski definition) is 1. The van der Waals surface area contributed by atoms with Gasteiger partial charge in [-0.25, -0.2) is 4.79 Å². The fraction of sp³-hybridized carbons (Fsp3) is 0.471. The summed E-state index contributed by atoms with van der Waals surface area (Å²) < 4.78 is 5.14. The summed E-state index contributed by atoms with van der Waals surface area (Å²) in [6, 6.07) is 3.26. The van der Waals surface area contributed by atoms with Crippen molar-refractivity contribution < 1.29 is 14.3 Å². The predicted molar refractivity (Wildman–Crippen MR) is 83.3 cm³/mol. The number of carbonyl (C=O) groups excluding carboxylic acids is 2. The number of nitrogens with zero attached hydrogens (tertiary/aromatic N) is 1. The van der Waals surface area contributed by atoms with Crippen LogP contribution in [0.2, 0.25) is 0 Å². The number of esters is 1. The lowest BCUT2D eigenvalue weighted by Gasteiger charge is -2.15. The Bertz CT molecular complexity index is 540. The van der Waals surface area contributed by atoms with Crippen LogP contribution in [0.1, 0.15) is 49.4 Å². The van der Waals surface area contributed by atoms with Gasteiger partial charge in [-0.15, -0.1) is 0 Å². The Morgan fingerprint density at radius 1 is 1.41 bits per heavy atom. The van der Waals surface area contributed by atoms with Crippen LogP contribution in [0.5, 0.6) is 0 Å². The van der Waals surface area contributed by atoms with Crippen molar-refractivity contribution in [3.63, 3.8) is 0 Å². The Balaban J connectivity index is 1.72. The molecule has 0 saturated heterocycles. The van der Waals surface area contributed by atoms with Crippen molar-refractivity contribution in [3.05, 3.63) is 41.7 Å². The molecule has 0 fully saturated rings. The molecule has 0 aliphatic heterocycles. The summed E-state index contributed by atoms with van der Waals surface area (Å²) in [6.45, 7) is 2.16. The summed E-state index contributed by atoms with van der Waals surface area (Å²) in [5.41, 5.74) is 1.75. The number of allylic oxidation sites excluding steroid dienone is 1. The third-order valence-electron chi connectivity index (χ3n) is 3.68. The van der Waals surface area contributed by atoms with Gasteiger partial charge in [0.25, 0.3) is 5.91 Å². The van der Waals surface area contributed by atoms with Gasteiger partial charge in [0, 0.05) is 18.9 Å². The zero-order valence-electron chi connectivity index (χ0n) is 12.9. The molecule has 0 bridgehead atoms. The van der Waals surface area contributed by atoms with Crippen LogP contribution in [0, 0.1) is 0 Å². The molecule has 118 valence electrons. The number of ether oxygens (including phenoxy) is 1. The molecule has 0 radical (unpaired) electrons. The standard InChI is InChI=1S/C17H22N2O3/c1-13(22-17(21)15-8-5-10-18-12-15)16(20)19-11-9-14-6-3-2-4-7-14/h5-6,8,10,12-13H,2-4,7,9,11H2,1H3,(H,19,20)/t13-/m1/s1. The molecule has 1 aliphatic carbocycles. The molecule has 2 rings (SSSR count). The van der Waals surface area contributed by atoms with E-state index in [1.807, 2.05) is 0 Å². The number of aromatic nitrogens is 1. The van der Waals surface area contributed by atoms with Crippen LogP contribution >= 0.6 is 0 Å². The van der Waals surface area contributed by atoms with Crippen molar-refractivity contribution in [2.45, 2.75) is 45.1 Å². The minimum absolute atomic E-state index is 0.270. The van der Waals surface area contributed by atoms with Crippen molar-refractivity contribution in [3.8, 4) is 0 Å². The van der Waals surface area contributed by atoms with E-state index in [1.165, 1.54) is 24.6 Å². The van der Waals surface area contributed by atoms with Crippen LogP contribution in [0.15, 0.2) is 36.2 Å². The third kappa shape index (κ3) is 4.98. The number of nitrogens with one attached hydrogen (secondary N) is 1. The second-order valence-electron chi connectivity index (χ2n) is 5.44. The number of amides is 1. The van der Waals surface area contributed by atoms with Crippen LogP contribution in [-0.4, -0.2) is 29.5 Å². The van der Waals surface area contributed by atoms with Gasteiger partial charge >= 0.3 is 5.97 Å². The molecule has 0 spiro atoms. The van der Waals surface area contributed by atoms with Crippen LogP contribution in [0.4, 0.5) is 0 Å². The first kappa shape index (κ1) is 16.2. The van der Waals surface area contributed by atoms with Crippen LogP contribution in [0.25, 0.3) is 0 Å². The van der Waals surface area contributed by atoms with E-state index in [9.17, 15) is 9.59 Å². The number of hydrogen-bond acceptors (Lipinski definition) is 4. The number of carbonyl (C=O) groups is 2. The Morgan fingerprint density at radius 3 is 2.95 bits per heavy atom. The summed E-state index contributed by atoms with van der Waals surface area (Å²) in [4.78, 5) is 27.6. The second-order valence-corrected chi connectivity index (χ2v) is 5.44. The van der Waals surface area contributed by atoms with Crippen LogP contribution in [0.3, 0.4) is 0 Å². The van der Waals surface area contributed by atoms with Crippen molar-refractivity contribution in [2.75, 3.05) is 6.54 Å². The molecule has 22 heavy (non-hydrogen) atoms. The molecular weight excluding hydrogens is 280 g/mol. The maximum Gasteiger partial charge on any atom is 0.340 e. The predicted octanol–water partition coefficient (Wildman–Crippen LogP) is 2.63. The third-order valence-corrected chi connectivity index (χ3v) is 3.68. The maximum atomic E-state index is 11.9. The van der Waals surface area contributed by atoms with Gasteiger partial charge in [-0.2, -0.15) is 0 Å². The molecule has 0 saturated carbocycles. The number of pyridine rings is 1. The minimum atomic E-state index is -0.812. The van der Waals surface area contributed by atoms with Gasteiger partial charge in [0.15, 0.2) is 6.10 Å². The van der Waals surface area contributed by atoms with Gasteiger partial charge in [0.1, 0.15) is 0 Å². The molecule has 1 aliphatic rings. The van der Waals surface area contributed by atoms with E-state index in [0.717, 1.165) is 19.3 Å². The molecule has 5 nitrogen and oxygen atoms in total. The molecule has 0 unspecified atom stereocenters. The highest BCUT2D eigenvalue weighted by molar-refractivity contribution is 5.91. The average molecular weight is 302 g/mol. The second kappa shape index (κ2) is 8.32. The smallest absolute Gasteiger partial charge is 0.340 e. The monoisotopic (exact) mass is 302 g/mol. The highest BCUT2D eigenvalue weighted by atomic mass is 16.5. The van der Waals surface area contributed by atoms with E-state index >= 15 is 0 Å². The van der Waals surface area contributed by atoms with E-state index in [2.05, 4.69) is 16.4 Å². The molecule has 1 aromatic rings. The van der Waals surface area contributed by atoms with Crippen LogP contribution < -0.4 is 5.32 Å². The van der Waals surface area contributed by atoms with E-state index in [1.54, 1.807) is 25.3 Å². The van der Waals surface area contributed by atoms with Gasteiger partial charge in [-0.05, 0) is 51.2 Å². The summed E-state index contributed by atoms with van der Waals surface area (Å²) >= 11 is 0. The van der Waals surface area contributed by atoms with Gasteiger partial charge in [0.2, 0.25) is 0 Å². The molecule has 0 aromatic carbocycles.